The minimum Gasteiger partial charge on any atom is -0.466 e. The van der Waals surface area contributed by atoms with E-state index in [1.165, 1.54) is 11.1 Å². The maximum atomic E-state index is 13.7. The molecule has 4 rings (SSSR count). The first-order valence-electron chi connectivity index (χ1n) is 11.4. The minimum absolute atomic E-state index is 0.00743. The van der Waals surface area contributed by atoms with Crippen molar-refractivity contribution in [2.45, 2.75) is 53.0 Å². The van der Waals surface area contributed by atoms with Gasteiger partial charge in [-0.05, 0) is 63.5 Å². The predicted octanol–water partition coefficient (Wildman–Crippen LogP) is 3.37. The quantitative estimate of drug-likeness (QED) is 0.641. The summed E-state index contributed by atoms with van der Waals surface area (Å²) in [6.07, 6.45) is 3.42. The second kappa shape index (κ2) is 8.85. The highest BCUT2D eigenvalue weighted by Crippen LogP contribution is 2.41. The van der Waals surface area contributed by atoms with Gasteiger partial charge in [-0.2, -0.15) is 5.10 Å². The van der Waals surface area contributed by atoms with Crippen LogP contribution >= 0.6 is 0 Å². The number of carbonyl (C=O) groups is 2. The fourth-order valence-corrected chi connectivity index (χ4v) is 4.91. The van der Waals surface area contributed by atoms with Gasteiger partial charge < -0.3 is 9.64 Å². The number of amides is 1. The van der Waals surface area contributed by atoms with Crippen molar-refractivity contribution < 1.29 is 14.3 Å². The second-order valence-corrected chi connectivity index (χ2v) is 9.05. The number of rotatable bonds is 7. The summed E-state index contributed by atoms with van der Waals surface area (Å²) in [5.74, 6) is 0.188. The van der Waals surface area contributed by atoms with Crippen LogP contribution in [-0.4, -0.2) is 39.7 Å². The van der Waals surface area contributed by atoms with Crippen LogP contribution in [0.2, 0.25) is 0 Å². The van der Waals surface area contributed by atoms with E-state index in [-0.39, 0.29) is 29.6 Å². The number of ether oxygens (including phenoxy) is 1. The molecule has 2 aliphatic carbocycles. The summed E-state index contributed by atoms with van der Waals surface area (Å²) in [5.41, 5.74) is 5.81. The number of benzene rings is 1. The molecule has 6 heteroatoms. The first-order chi connectivity index (χ1) is 14.9. The van der Waals surface area contributed by atoms with Gasteiger partial charge in [0.05, 0.1) is 18.2 Å². The minimum atomic E-state index is -0.125. The zero-order valence-corrected chi connectivity index (χ0v) is 19.1. The number of hydrogen-bond donors (Lipinski definition) is 0. The van der Waals surface area contributed by atoms with Gasteiger partial charge in [-0.25, -0.2) is 0 Å². The van der Waals surface area contributed by atoms with Gasteiger partial charge >= 0.3 is 5.97 Å². The number of aryl methyl sites for hydroxylation is 3. The molecule has 1 amide bonds. The van der Waals surface area contributed by atoms with Crippen LogP contribution in [0.4, 0.5) is 0 Å². The fraction of sp³-hybridized carbons (Fsp3) is 0.560. The molecule has 1 fully saturated rings. The van der Waals surface area contributed by atoms with E-state index < -0.39 is 0 Å². The Labute approximate surface area is 184 Å². The van der Waals surface area contributed by atoms with Crippen molar-refractivity contribution in [3.05, 3.63) is 52.3 Å². The molecule has 166 valence electrons. The zero-order chi connectivity index (χ0) is 22.1. The van der Waals surface area contributed by atoms with Gasteiger partial charge in [-0.1, -0.05) is 24.3 Å². The molecule has 31 heavy (non-hydrogen) atoms. The Morgan fingerprint density at radius 1 is 1.23 bits per heavy atom. The summed E-state index contributed by atoms with van der Waals surface area (Å²) in [7, 11) is 1.94. The lowest BCUT2D eigenvalue weighted by Crippen LogP contribution is -2.39. The third-order valence-electron chi connectivity index (χ3n) is 6.98. The molecule has 6 nitrogen and oxygen atoms in total. The van der Waals surface area contributed by atoms with Crippen LogP contribution in [0.3, 0.4) is 0 Å². The number of carbonyl (C=O) groups excluding carboxylic acids is 2. The van der Waals surface area contributed by atoms with Crippen LogP contribution in [0, 0.1) is 31.6 Å². The van der Waals surface area contributed by atoms with E-state index in [0.717, 1.165) is 42.6 Å². The highest BCUT2D eigenvalue weighted by atomic mass is 16.5. The van der Waals surface area contributed by atoms with Gasteiger partial charge in [-0.3, -0.25) is 14.3 Å². The van der Waals surface area contributed by atoms with Gasteiger partial charge in [0, 0.05) is 37.3 Å². The fourth-order valence-electron chi connectivity index (χ4n) is 4.91. The Kier molecular flexibility index (Phi) is 6.17. The summed E-state index contributed by atoms with van der Waals surface area (Å²) in [5, 5.41) is 4.53. The van der Waals surface area contributed by atoms with E-state index in [2.05, 4.69) is 29.4 Å². The number of fused-ring (bicyclic) bond motifs is 1. The largest absolute Gasteiger partial charge is 0.466 e. The van der Waals surface area contributed by atoms with Gasteiger partial charge in [0.2, 0.25) is 5.91 Å². The SMILES string of the molecule is CCOC(=O)[C@H]1C[C@H]1CN(Cc1c(C)nn(C)c1C)C(=O)[C@@H]1CCc2ccccc2C1. The van der Waals surface area contributed by atoms with Crippen molar-refractivity contribution in [3.8, 4) is 0 Å². The van der Waals surface area contributed by atoms with E-state index in [1.807, 2.05) is 37.4 Å². The van der Waals surface area contributed by atoms with Gasteiger partial charge in [0.25, 0.3) is 0 Å². The summed E-state index contributed by atoms with van der Waals surface area (Å²) in [6, 6.07) is 8.44. The average molecular weight is 424 g/mol. The normalized spacial score (nSPS) is 22.0. The molecule has 0 unspecified atom stereocenters. The van der Waals surface area contributed by atoms with Crippen LogP contribution in [0.5, 0.6) is 0 Å². The van der Waals surface area contributed by atoms with E-state index >= 15 is 0 Å². The highest BCUT2D eigenvalue weighted by molar-refractivity contribution is 5.80. The number of aromatic nitrogens is 2. The molecule has 0 N–H and O–H groups in total. The molecule has 1 saturated carbocycles. The Morgan fingerprint density at radius 3 is 2.65 bits per heavy atom. The lowest BCUT2D eigenvalue weighted by Gasteiger charge is -2.31. The molecule has 2 aliphatic rings. The van der Waals surface area contributed by atoms with Crippen LogP contribution in [0.15, 0.2) is 24.3 Å². The van der Waals surface area contributed by atoms with Crippen molar-refractivity contribution in [1.29, 1.82) is 0 Å². The summed E-state index contributed by atoms with van der Waals surface area (Å²) < 4.78 is 7.08. The van der Waals surface area contributed by atoms with E-state index in [0.29, 0.717) is 19.7 Å². The van der Waals surface area contributed by atoms with Crippen LogP contribution in [0.1, 0.15) is 47.8 Å². The first kappa shape index (κ1) is 21.6. The molecule has 0 radical (unpaired) electrons. The smallest absolute Gasteiger partial charge is 0.309 e. The monoisotopic (exact) mass is 423 g/mol. The lowest BCUT2D eigenvalue weighted by atomic mass is 9.83. The number of nitrogens with zero attached hydrogens (tertiary/aromatic N) is 3. The number of hydrogen-bond acceptors (Lipinski definition) is 4. The molecule has 3 atom stereocenters. The molecule has 0 bridgehead atoms. The molecule has 2 aromatic rings. The molecular formula is C25H33N3O3. The van der Waals surface area contributed by atoms with Crippen molar-refractivity contribution >= 4 is 11.9 Å². The van der Waals surface area contributed by atoms with Gasteiger partial charge in [-0.15, -0.1) is 0 Å². The van der Waals surface area contributed by atoms with E-state index in [1.54, 1.807) is 0 Å². The second-order valence-electron chi connectivity index (χ2n) is 9.05. The van der Waals surface area contributed by atoms with Crippen molar-refractivity contribution in [2.24, 2.45) is 24.8 Å². The van der Waals surface area contributed by atoms with Crippen molar-refractivity contribution in [1.82, 2.24) is 14.7 Å². The molecule has 1 heterocycles. The molecule has 0 saturated heterocycles. The lowest BCUT2D eigenvalue weighted by molar-refractivity contribution is -0.145. The highest BCUT2D eigenvalue weighted by Gasteiger charge is 2.46. The van der Waals surface area contributed by atoms with Crippen LogP contribution in [-0.2, 0) is 40.8 Å². The van der Waals surface area contributed by atoms with E-state index in [4.69, 9.17) is 4.74 Å². The average Bonchev–Trinajstić information content (AvgIpc) is 3.49. The topological polar surface area (TPSA) is 64.4 Å². The Hall–Kier alpha value is -2.63. The van der Waals surface area contributed by atoms with E-state index in [9.17, 15) is 9.59 Å². The predicted molar refractivity (Wildman–Crippen MR) is 118 cm³/mol. The third-order valence-corrected chi connectivity index (χ3v) is 6.98. The first-order valence-corrected chi connectivity index (χ1v) is 11.4. The molecule has 0 aliphatic heterocycles. The Balaban J connectivity index is 1.52. The third kappa shape index (κ3) is 4.53. The standard InChI is InChI=1S/C25H33N3O3/c1-5-31-25(30)22-13-21(22)14-28(15-23-16(2)26-27(4)17(23)3)24(29)20-11-10-18-8-6-7-9-19(18)12-20/h6-9,20-22H,5,10-15H2,1-4H3/t20-,21+,22+/m1/s1. The van der Waals surface area contributed by atoms with Crippen molar-refractivity contribution in [2.75, 3.05) is 13.2 Å². The summed E-state index contributed by atoms with van der Waals surface area (Å²) >= 11 is 0. The Bertz CT molecular complexity index is 980. The molecule has 1 aromatic carbocycles. The summed E-state index contributed by atoms with van der Waals surface area (Å²) in [6.45, 7) is 7.44. The zero-order valence-electron chi connectivity index (χ0n) is 19.1. The maximum absolute atomic E-state index is 13.7. The van der Waals surface area contributed by atoms with Gasteiger partial charge in [0.15, 0.2) is 0 Å². The molecule has 1 aromatic heterocycles. The molecule has 0 spiro atoms. The Morgan fingerprint density at radius 2 is 1.97 bits per heavy atom. The number of esters is 1. The summed E-state index contributed by atoms with van der Waals surface area (Å²) in [4.78, 5) is 27.8. The van der Waals surface area contributed by atoms with Crippen LogP contribution < -0.4 is 0 Å². The maximum Gasteiger partial charge on any atom is 0.309 e. The van der Waals surface area contributed by atoms with Gasteiger partial charge in [0.1, 0.15) is 0 Å². The van der Waals surface area contributed by atoms with Crippen molar-refractivity contribution in [3.63, 3.8) is 0 Å². The van der Waals surface area contributed by atoms with Crippen LogP contribution in [0.25, 0.3) is 0 Å². The molecular weight excluding hydrogens is 390 g/mol.